The number of piperidine rings is 1. The van der Waals surface area contributed by atoms with Crippen LogP contribution in [-0.2, 0) is 20.7 Å². The topological polar surface area (TPSA) is 58.6 Å². The van der Waals surface area contributed by atoms with Crippen molar-refractivity contribution in [3.05, 3.63) is 48.0 Å². The van der Waals surface area contributed by atoms with Crippen LogP contribution >= 0.6 is 0 Å². The molecular formula is C24H30N2O3. The van der Waals surface area contributed by atoms with E-state index in [-0.39, 0.29) is 23.5 Å². The third-order valence-electron chi connectivity index (χ3n) is 6.47. The summed E-state index contributed by atoms with van der Waals surface area (Å²) >= 11 is 0. The minimum absolute atomic E-state index is 0.0932. The predicted molar refractivity (Wildman–Crippen MR) is 114 cm³/mol. The van der Waals surface area contributed by atoms with Crippen LogP contribution in [0.1, 0.15) is 44.1 Å². The van der Waals surface area contributed by atoms with Crippen LogP contribution in [-0.4, -0.2) is 48.6 Å². The van der Waals surface area contributed by atoms with Crippen LogP contribution in [0.25, 0.3) is 10.8 Å². The molecule has 0 bridgehead atoms. The van der Waals surface area contributed by atoms with E-state index in [1.807, 2.05) is 17.0 Å². The molecule has 2 aromatic rings. The predicted octanol–water partition coefficient (Wildman–Crippen LogP) is 3.45. The molecule has 0 aliphatic carbocycles. The molecule has 2 heterocycles. The Kier molecular flexibility index (Phi) is 5.86. The lowest BCUT2D eigenvalue weighted by Crippen LogP contribution is -2.46. The minimum Gasteiger partial charge on any atom is -0.380 e. The fourth-order valence-corrected chi connectivity index (χ4v) is 4.78. The van der Waals surface area contributed by atoms with Crippen molar-refractivity contribution in [1.82, 2.24) is 10.2 Å². The SMILES string of the molecule is CO[C@H]1CCCN(C(=O)CC[C@]2(Cc3ccc4ccccc4c3)CCC(=O)N2)C1. The second-order valence-electron chi connectivity index (χ2n) is 8.53. The molecule has 2 saturated heterocycles. The normalized spacial score (nSPS) is 24.7. The van der Waals surface area contributed by atoms with Crippen molar-refractivity contribution in [2.24, 2.45) is 0 Å². The minimum atomic E-state index is -0.328. The molecule has 2 amide bonds. The maximum atomic E-state index is 12.8. The summed E-state index contributed by atoms with van der Waals surface area (Å²) in [6, 6.07) is 14.8. The number of carbonyl (C=O) groups excluding carboxylic acids is 2. The zero-order valence-corrected chi connectivity index (χ0v) is 17.2. The van der Waals surface area contributed by atoms with Crippen molar-refractivity contribution < 1.29 is 14.3 Å². The van der Waals surface area contributed by atoms with E-state index in [2.05, 4.69) is 35.6 Å². The van der Waals surface area contributed by atoms with Gasteiger partial charge in [-0.25, -0.2) is 0 Å². The van der Waals surface area contributed by atoms with E-state index in [1.54, 1.807) is 7.11 Å². The molecular weight excluding hydrogens is 364 g/mol. The number of amides is 2. The highest BCUT2D eigenvalue weighted by atomic mass is 16.5. The van der Waals surface area contributed by atoms with Gasteiger partial charge in [0.2, 0.25) is 11.8 Å². The van der Waals surface area contributed by atoms with Gasteiger partial charge in [0.05, 0.1) is 6.10 Å². The van der Waals surface area contributed by atoms with Gasteiger partial charge in [-0.05, 0) is 48.4 Å². The summed E-state index contributed by atoms with van der Waals surface area (Å²) in [4.78, 5) is 26.8. The van der Waals surface area contributed by atoms with Crippen molar-refractivity contribution in [1.29, 1.82) is 0 Å². The molecule has 154 valence electrons. The Morgan fingerprint density at radius 3 is 2.83 bits per heavy atom. The van der Waals surface area contributed by atoms with Gasteiger partial charge in [0, 0.05) is 38.6 Å². The highest BCUT2D eigenvalue weighted by Crippen LogP contribution is 2.31. The Bertz CT molecular complexity index is 897. The summed E-state index contributed by atoms with van der Waals surface area (Å²) < 4.78 is 5.45. The van der Waals surface area contributed by atoms with Gasteiger partial charge >= 0.3 is 0 Å². The Balaban J connectivity index is 1.45. The fraction of sp³-hybridized carbons (Fsp3) is 0.500. The van der Waals surface area contributed by atoms with Crippen LogP contribution in [0.2, 0.25) is 0 Å². The number of methoxy groups -OCH3 is 1. The number of carbonyl (C=O) groups is 2. The first-order valence-corrected chi connectivity index (χ1v) is 10.7. The zero-order chi connectivity index (χ0) is 20.3. The van der Waals surface area contributed by atoms with Gasteiger partial charge in [-0.1, -0.05) is 42.5 Å². The molecule has 29 heavy (non-hydrogen) atoms. The van der Waals surface area contributed by atoms with Crippen molar-refractivity contribution in [3.63, 3.8) is 0 Å². The summed E-state index contributed by atoms with van der Waals surface area (Å²) in [6.45, 7) is 1.49. The molecule has 4 rings (SSSR count). The van der Waals surface area contributed by atoms with Crippen LogP contribution in [0.4, 0.5) is 0 Å². The lowest BCUT2D eigenvalue weighted by Gasteiger charge is -2.34. The summed E-state index contributed by atoms with van der Waals surface area (Å²) in [5.41, 5.74) is 0.877. The summed E-state index contributed by atoms with van der Waals surface area (Å²) in [5, 5.41) is 5.63. The monoisotopic (exact) mass is 394 g/mol. The number of hydrogen-bond acceptors (Lipinski definition) is 3. The second kappa shape index (κ2) is 8.54. The van der Waals surface area contributed by atoms with Crippen LogP contribution in [0.3, 0.4) is 0 Å². The lowest BCUT2D eigenvalue weighted by molar-refractivity contribution is -0.135. The maximum absolute atomic E-state index is 12.8. The number of likely N-dealkylation sites (tertiary alicyclic amines) is 1. The first-order chi connectivity index (χ1) is 14.1. The number of nitrogens with one attached hydrogen (secondary N) is 1. The maximum Gasteiger partial charge on any atom is 0.222 e. The van der Waals surface area contributed by atoms with Gasteiger partial charge in [0.25, 0.3) is 0 Å². The number of nitrogens with zero attached hydrogens (tertiary/aromatic N) is 1. The molecule has 5 nitrogen and oxygen atoms in total. The summed E-state index contributed by atoms with van der Waals surface area (Å²) in [5.74, 6) is 0.265. The molecule has 0 radical (unpaired) electrons. The van der Waals surface area contributed by atoms with Gasteiger partial charge in [-0.2, -0.15) is 0 Å². The van der Waals surface area contributed by atoms with Crippen LogP contribution in [0.15, 0.2) is 42.5 Å². The summed E-state index contributed by atoms with van der Waals surface area (Å²) in [7, 11) is 1.71. The fourth-order valence-electron chi connectivity index (χ4n) is 4.78. The quantitative estimate of drug-likeness (QED) is 0.816. The van der Waals surface area contributed by atoms with Crippen LogP contribution < -0.4 is 5.32 Å². The Morgan fingerprint density at radius 1 is 1.24 bits per heavy atom. The molecule has 2 aromatic carbocycles. The third kappa shape index (κ3) is 4.61. The Morgan fingerprint density at radius 2 is 2.07 bits per heavy atom. The summed E-state index contributed by atoms with van der Waals surface area (Å²) in [6.07, 6.45) is 5.38. The van der Waals surface area contributed by atoms with Gasteiger partial charge in [-0.15, -0.1) is 0 Å². The molecule has 5 heteroatoms. The average Bonchev–Trinajstić information content (AvgIpc) is 3.12. The van der Waals surface area contributed by atoms with E-state index in [0.717, 1.165) is 32.2 Å². The number of hydrogen-bond donors (Lipinski definition) is 1. The highest BCUT2D eigenvalue weighted by molar-refractivity contribution is 5.83. The largest absolute Gasteiger partial charge is 0.380 e. The van der Waals surface area contributed by atoms with Crippen molar-refractivity contribution >= 4 is 22.6 Å². The van der Waals surface area contributed by atoms with E-state index in [0.29, 0.717) is 25.8 Å². The number of rotatable bonds is 6. The number of benzene rings is 2. The molecule has 0 aromatic heterocycles. The average molecular weight is 395 g/mol. The van der Waals surface area contributed by atoms with Gasteiger partial charge in [-0.3, -0.25) is 9.59 Å². The van der Waals surface area contributed by atoms with E-state index in [1.165, 1.54) is 16.3 Å². The molecule has 0 spiro atoms. The van der Waals surface area contributed by atoms with Gasteiger partial charge in [0.1, 0.15) is 0 Å². The number of fused-ring (bicyclic) bond motifs is 1. The van der Waals surface area contributed by atoms with Crippen molar-refractivity contribution in [3.8, 4) is 0 Å². The van der Waals surface area contributed by atoms with Gasteiger partial charge < -0.3 is 15.0 Å². The number of ether oxygens (including phenoxy) is 1. The molecule has 1 N–H and O–H groups in total. The second-order valence-corrected chi connectivity index (χ2v) is 8.53. The molecule has 0 saturated carbocycles. The van der Waals surface area contributed by atoms with Crippen LogP contribution in [0, 0.1) is 0 Å². The van der Waals surface area contributed by atoms with E-state index in [9.17, 15) is 9.59 Å². The van der Waals surface area contributed by atoms with Crippen molar-refractivity contribution in [2.45, 2.75) is 56.6 Å². The highest BCUT2D eigenvalue weighted by Gasteiger charge is 2.38. The molecule has 2 fully saturated rings. The van der Waals surface area contributed by atoms with E-state index in [4.69, 9.17) is 4.74 Å². The third-order valence-corrected chi connectivity index (χ3v) is 6.47. The lowest BCUT2D eigenvalue weighted by atomic mass is 9.84. The first-order valence-electron chi connectivity index (χ1n) is 10.7. The standard InChI is InChI=1S/C24H30N2O3/c1-29-21-7-4-14-26(17-21)23(28)11-13-24(12-10-22(27)25-24)16-18-8-9-19-5-2-3-6-20(19)15-18/h2-3,5-6,8-9,15,21H,4,7,10-14,16-17H2,1H3,(H,25,27)/t21-,24-/m0/s1. The molecule has 2 aliphatic heterocycles. The molecule has 0 unspecified atom stereocenters. The molecule has 2 aliphatic rings. The molecule has 2 atom stereocenters. The van der Waals surface area contributed by atoms with Gasteiger partial charge in [0.15, 0.2) is 0 Å². The Hall–Kier alpha value is -2.40. The van der Waals surface area contributed by atoms with Crippen LogP contribution in [0.5, 0.6) is 0 Å². The van der Waals surface area contributed by atoms with E-state index < -0.39 is 0 Å². The van der Waals surface area contributed by atoms with Crippen molar-refractivity contribution in [2.75, 3.05) is 20.2 Å². The smallest absolute Gasteiger partial charge is 0.222 e. The zero-order valence-electron chi connectivity index (χ0n) is 17.2. The Labute approximate surface area is 172 Å². The first kappa shape index (κ1) is 19.9. The van der Waals surface area contributed by atoms with E-state index >= 15 is 0 Å².